The van der Waals surface area contributed by atoms with E-state index in [2.05, 4.69) is 33.8 Å². The molecule has 1 aromatic heterocycles. The fourth-order valence-electron chi connectivity index (χ4n) is 2.31. The van der Waals surface area contributed by atoms with Gasteiger partial charge in [-0.25, -0.2) is 4.98 Å². The molecule has 0 spiro atoms. The Morgan fingerprint density at radius 3 is 2.95 bits per heavy atom. The van der Waals surface area contributed by atoms with Crippen LogP contribution in [0.1, 0.15) is 17.8 Å². The van der Waals surface area contributed by atoms with Crippen molar-refractivity contribution in [2.45, 2.75) is 26.4 Å². The molecule has 0 amide bonds. The maximum atomic E-state index is 8.99. The van der Waals surface area contributed by atoms with E-state index >= 15 is 0 Å². The average Bonchev–Trinajstić information content (AvgIpc) is 2.73. The van der Waals surface area contributed by atoms with Gasteiger partial charge in [0, 0.05) is 13.1 Å². The lowest BCUT2D eigenvalue weighted by atomic mass is 10.2. The molecule has 106 valence electrons. The monoisotopic (exact) mass is 272 g/mol. The summed E-state index contributed by atoms with van der Waals surface area (Å²) in [5.74, 6) is 0.941. The van der Waals surface area contributed by atoms with Crippen LogP contribution in [0.2, 0.25) is 0 Å². The molecule has 0 aliphatic rings. The van der Waals surface area contributed by atoms with Crippen molar-refractivity contribution in [2.24, 2.45) is 0 Å². The van der Waals surface area contributed by atoms with Gasteiger partial charge in [-0.15, -0.1) is 0 Å². The number of aliphatic hydroxyl groups is 1. The molecule has 5 nitrogen and oxygen atoms in total. The van der Waals surface area contributed by atoms with Crippen LogP contribution in [0, 0.1) is 18.3 Å². The van der Waals surface area contributed by atoms with E-state index in [0.717, 1.165) is 16.9 Å². The molecule has 0 aliphatic carbocycles. The Morgan fingerprint density at radius 2 is 2.25 bits per heavy atom. The normalized spacial score (nSPS) is 11.2. The predicted molar refractivity (Wildman–Crippen MR) is 78.1 cm³/mol. The van der Waals surface area contributed by atoms with Gasteiger partial charge >= 0.3 is 0 Å². The van der Waals surface area contributed by atoms with Gasteiger partial charge in [-0.2, -0.15) is 5.26 Å². The van der Waals surface area contributed by atoms with Crippen molar-refractivity contribution < 1.29 is 5.11 Å². The summed E-state index contributed by atoms with van der Waals surface area (Å²) in [4.78, 5) is 6.70. The third-order valence-corrected chi connectivity index (χ3v) is 3.32. The molecular formula is C15H20N4O. The number of fused-ring (bicyclic) bond motifs is 1. The van der Waals surface area contributed by atoms with Crippen molar-refractivity contribution in [3.63, 3.8) is 0 Å². The molecule has 1 N–H and O–H groups in total. The first kappa shape index (κ1) is 14.5. The van der Waals surface area contributed by atoms with Gasteiger partial charge in [0.25, 0.3) is 0 Å². The molecule has 1 aromatic carbocycles. The zero-order valence-corrected chi connectivity index (χ0v) is 12.0. The van der Waals surface area contributed by atoms with Gasteiger partial charge in [0.15, 0.2) is 0 Å². The van der Waals surface area contributed by atoms with E-state index in [-0.39, 0.29) is 6.61 Å². The number of nitriles is 1. The van der Waals surface area contributed by atoms with E-state index in [4.69, 9.17) is 10.4 Å². The first-order chi connectivity index (χ1) is 9.65. The molecule has 2 rings (SSSR count). The standard InChI is InChI=1S/C15H20N4O/c1-12-4-5-14-13(10-12)17-15(11-18(2)8-9-20)19(14)7-3-6-16/h4-5,10,20H,3,7-9,11H2,1-2H3. The minimum absolute atomic E-state index is 0.133. The Balaban J connectivity index is 2.38. The summed E-state index contributed by atoms with van der Waals surface area (Å²) in [6, 6.07) is 8.37. The number of likely N-dealkylation sites (N-methyl/N-ethyl adjacent to an activating group) is 1. The average molecular weight is 272 g/mol. The Kier molecular flexibility index (Phi) is 4.72. The fraction of sp³-hybridized carbons (Fsp3) is 0.467. The van der Waals surface area contributed by atoms with E-state index < -0.39 is 0 Å². The zero-order chi connectivity index (χ0) is 14.5. The maximum absolute atomic E-state index is 8.99. The SMILES string of the molecule is Cc1ccc2c(c1)nc(CN(C)CCO)n2CCC#N. The first-order valence-electron chi connectivity index (χ1n) is 6.78. The number of aliphatic hydroxyl groups excluding tert-OH is 1. The summed E-state index contributed by atoms with van der Waals surface area (Å²) >= 11 is 0. The van der Waals surface area contributed by atoms with Gasteiger partial charge in [0.1, 0.15) is 5.82 Å². The van der Waals surface area contributed by atoms with Crippen LogP contribution in [0.5, 0.6) is 0 Å². The summed E-state index contributed by atoms with van der Waals surface area (Å²) < 4.78 is 2.10. The molecule has 0 unspecified atom stereocenters. The van der Waals surface area contributed by atoms with Crippen molar-refractivity contribution in [1.29, 1.82) is 5.26 Å². The van der Waals surface area contributed by atoms with Gasteiger partial charge in [-0.05, 0) is 31.7 Å². The number of rotatable bonds is 6. The van der Waals surface area contributed by atoms with Crippen LogP contribution in [0.25, 0.3) is 11.0 Å². The topological polar surface area (TPSA) is 65.1 Å². The number of benzene rings is 1. The largest absolute Gasteiger partial charge is 0.395 e. The molecule has 20 heavy (non-hydrogen) atoms. The fourth-order valence-corrected chi connectivity index (χ4v) is 2.31. The molecule has 5 heteroatoms. The van der Waals surface area contributed by atoms with Crippen LogP contribution in [0.4, 0.5) is 0 Å². The van der Waals surface area contributed by atoms with Crippen LogP contribution in [0.3, 0.4) is 0 Å². The minimum Gasteiger partial charge on any atom is -0.395 e. The van der Waals surface area contributed by atoms with Gasteiger partial charge in [0.05, 0.1) is 36.7 Å². The van der Waals surface area contributed by atoms with Gasteiger partial charge in [-0.1, -0.05) is 6.07 Å². The number of imidazole rings is 1. The lowest BCUT2D eigenvalue weighted by Gasteiger charge is -2.15. The van der Waals surface area contributed by atoms with Crippen LogP contribution < -0.4 is 0 Å². The van der Waals surface area contributed by atoms with Crippen molar-refractivity contribution in [2.75, 3.05) is 20.2 Å². The molecule has 0 saturated carbocycles. The van der Waals surface area contributed by atoms with Crippen molar-refractivity contribution in [3.05, 3.63) is 29.6 Å². The van der Waals surface area contributed by atoms with Crippen molar-refractivity contribution in [3.8, 4) is 6.07 Å². The zero-order valence-electron chi connectivity index (χ0n) is 12.0. The Bertz CT molecular complexity index is 627. The lowest BCUT2D eigenvalue weighted by molar-refractivity contribution is 0.213. The van der Waals surface area contributed by atoms with Crippen LogP contribution in [0.15, 0.2) is 18.2 Å². The number of aryl methyl sites for hydroxylation is 2. The molecule has 2 aromatic rings. The summed E-state index contributed by atoms with van der Waals surface area (Å²) in [6.45, 7) is 4.11. The van der Waals surface area contributed by atoms with Crippen LogP contribution in [-0.2, 0) is 13.1 Å². The summed E-state index contributed by atoms with van der Waals surface area (Å²) in [7, 11) is 1.95. The number of hydrogen-bond acceptors (Lipinski definition) is 4. The molecule has 0 radical (unpaired) electrons. The molecular weight excluding hydrogens is 252 g/mol. The second-order valence-electron chi connectivity index (χ2n) is 5.04. The van der Waals surface area contributed by atoms with Crippen molar-refractivity contribution in [1.82, 2.24) is 14.5 Å². The van der Waals surface area contributed by atoms with Crippen LogP contribution >= 0.6 is 0 Å². The molecule has 0 fully saturated rings. The lowest BCUT2D eigenvalue weighted by Crippen LogP contribution is -2.23. The molecule has 1 heterocycles. The van der Waals surface area contributed by atoms with Gasteiger partial charge in [0.2, 0.25) is 0 Å². The third-order valence-electron chi connectivity index (χ3n) is 3.32. The van der Waals surface area contributed by atoms with E-state index in [0.29, 0.717) is 26.1 Å². The number of hydrogen-bond donors (Lipinski definition) is 1. The first-order valence-corrected chi connectivity index (χ1v) is 6.78. The van der Waals surface area contributed by atoms with E-state index in [1.54, 1.807) is 0 Å². The van der Waals surface area contributed by atoms with Crippen LogP contribution in [-0.4, -0.2) is 39.8 Å². The highest BCUT2D eigenvalue weighted by molar-refractivity contribution is 5.76. The molecule has 0 saturated heterocycles. The third kappa shape index (κ3) is 3.16. The summed E-state index contributed by atoms with van der Waals surface area (Å²) in [5, 5.41) is 17.8. The van der Waals surface area contributed by atoms with Gasteiger partial charge < -0.3 is 9.67 Å². The highest BCUT2D eigenvalue weighted by Gasteiger charge is 2.12. The minimum atomic E-state index is 0.133. The second kappa shape index (κ2) is 6.51. The van der Waals surface area contributed by atoms with Crippen molar-refractivity contribution >= 4 is 11.0 Å². The summed E-state index contributed by atoms with van der Waals surface area (Å²) in [6.07, 6.45) is 0.468. The Labute approximate surface area is 119 Å². The Morgan fingerprint density at radius 1 is 1.45 bits per heavy atom. The van der Waals surface area contributed by atoms with E-state index in [1.165, 1.54) is 5.56 Å². The quantitative estimate of drug-likeness (QED) is 0.869. The Hall–Kier alpha value is -1.90. The predicted octanol–water partition coefficient (Wildman–Crippen LogP) is 1.68. The maximum Gasteiger partial charge on any atom is 0.124 e. The highest BCUT2D eigenvalue weighted by Crippen LogP contribution is 2.19. The second-order valence-corrected chi connectivity index (χ2v) is 5.04. The molecule has 0 bridgehead atoms. The van der Waals surface area contributed by atoms with E-state index in [9.17, 15) is 0 Å². The molecule has 0 atom stereocenters. The number of aromatic nitrogens is 2. The summed E-state index contributed by atoms with van der Waals surface area (Å²) in [5.41, 5.74) is 3.21. The smallest absolute Gasteiger partial charge is 0.124 e. The number of nitrogens with zero attached hydrogens (tertiary/aromatic N) is 4. The molecule has 0 aliphatic heterocycles. The van der Waals surface area contributed by atoms with E-state index in [1.807, 2.05) is 18.9 Å². The van der Waals surface area contributed by atoms with Gasteiger partial charge in [-0.3, -0.25) is 4.90 Å². The highest BCUT2D eigenvalue weighted by atomic mass is 16.3.